The highest BCUT2D eigenvalue weighted by atomic mass is 32.1. The van der Waals surface area contributed by atoms with E-state index in [1.54, 1.807) is 0 Å². The predicted octanol–water partition coefficient (Wildman–Crippen LogP) is 2.13. The maximum Gasteiger partial charge on any atom is 0.0110 e. The highest BCUT2D eigenvalue weighted by Crippen LogP contribution is 2.11. The molecule has 0 unspecified atom stereocenters. The molecule has 0 heterocycles. The van der Waals surface area contributed by atoms with Crippen LogP contribution in [0.5, 0.6) is 0 Å². The molecule has 2 heteroatoms. The zero-order valence-electron chi connectivity index (χ0n) is 7.61. The fourth-order valence-corrected chi connectivity index (χ4v) is 1.48. The monoisotopic (exact) mass is 193 g/mol. The standard InChI is InChI=1S/C11H15NS/c12-8-3-6-10-4-1-2-5-11(10)7-9-13/h1-6,13H,7-9,12H2. The van der Waals surface area contributed by atoms with E-state index in [9.17, 15) is 0 Å². The highest BCUT2D eigenvalue weighted by Gasteiger charge is 1.95. The molecular formula is C11H15NS. The minimum Gasteiger partial charge on any atom is -0.327 e. The van der Waals surface area contributed by atoms with Crippen molar-refractivity contribution in [2.75, 3.05) is 12.3 Å². The summed E-state index contributed by atoms with van der Waals surface area (Å²) in [5, 5.41) is 0. The van der Waals surface area contributed by atoms with Gasteiger partial charge in [0.05, 0.1) is 0 Å². The average molecular weight is 193 g/mol. The molecule has 0 amide bonds. The number of thiol groups is 1. The van der Waals surface area contributed by atoms with Crippen molar-refractivity contribution < 1.29 is 0 Å². The van der Waals surface area contributed by atoms with E-state index >= 15 is 0 Å². The van der Waals surface area contributed by atoms with E-state index in [2.05, 4.69) is 36.9 Å². The minimum absolute atomic E-state index is 0.592. The van der Waals surface area contributed by atoms with Gasteiger partial charge in [0.15, 0.2) is 0 Å². The fourth-order valence-electron chi connectivity index (χ4n) is 1.24. The highest BCUT2D eigenvalue weighted by molar-refractivity contribution is 7.80. The largest absolute Gasteiger partial charge is 0.327 e. The molecule has 0 fully saturated rings. The van der Waals surface area contributed by atoms with Crippen molar-refractivity contribution in [1.82, 2.24) is 0 Å². The number of nitrogens with two attached hydrogens (primary N) is 1. The molecule has 0 saturated heterocycles. The van der Waals surface area contributed by atoms with Crippen LogP contribution in [-0.2, 0) is 6.42 Å². The Morgan fingerprint density at radius 2 is 2.08 bits per heavy atom. The van der Waals surface area contributed by atoms with Crippen LogP contribution in [-0.4, -0.2) is 12.3 Å². The summed E-state index contributed by atoms with van der Waals surface area (Å²) in [5.74, 6) is 0.882. The third-order valence-electron chi connectivity index (χ3n) is 1.87. The number of hydrogen-bond donors (Lipinski definition) is 2. The molecular weight excluding hydrogens is 178 g/mol. The normalized spacial score (nSPS) is 10.9. The molecule has 0 aliphatic rings. The van der Waals surface area contributed by atoms with Crippen LogP contribution in [0.25, 0.3) is 6.08 Å². The van der Waals surface area contributed by atoms with Gasteiger partial charge in [0.25, 0.3) is 0 Å². The molecule has 1 aromatic carbocycles. The lowest BCUT2D eigenvalue weighted by molar-refractivity contribution is 1.15. The van der Waals surface area contributed by atoms with Gasteiger partial charge >= 0.3 is 0 Å². The van der Waals surface area contributed by atoms with Gasteiger partial charge in [-0.05, 0) is 23.3 Å². The first-order valence-electron chi connectivity index (χ1n) is 4.44. The van der Waals surface area contributed by atoms with E-state index in [1.165, 1.54) is 11.1 Å². The van der Waals surface area contributed by atoms with Gasteiger partial charge < -0.3 is 5.73 Å². The van der Waals surface area contributed by atoms with Gasteiger partial charge in [-0.1, -0.05) is 36.4 Å². The smallest absolute Gasteiger partial charge is 0.0110 e. The van der Waals surface area contributed by atoms with Crippen LogP contribution in [0.2, 0.25) is 0 Å². The van der Waals surface area contributed by atoms with E-state index in [-0.39, 0.29) is 0 Å². The molecule has 0 bridgehead atoms. The van der Waals surface area contributed by atoms with Crippen molar-refractivity contribution in [2.24, 2.45) is 5.73 Å². The second kappa shape index (κ2) is 5.84. The lowest BCUT2D eigenvalue weighted by atomic mass is 10.1. The maximum atomic E-state index is 5.40. The molecule has 0 aliphatic carbocycles. The van der Waals surface area contributed by atoms with Crippen molar-refractivity contribution >= 4 is 18.7 Å². The Bertz CT molecular complexity index is 281. The molecule has 0 spiro atoms. The first kappa shape index (κ1) is 10.4. The Morgan fingerprint density at radius 1 is 1.31 bits per heavy atom. The lowest BCUT2D eigenvalue weighted by Gasteiger charge is -2.02. The minimum atomic E-state index is 0.592. The van der Waals surface area contributed by atoms with Crippen molar-refractivity contribution in [1.29, 1.82) is 0 Å². The Labute approximate surface area is 85.1 Å². The average Bonchev–Trinajstić information content (AvgIpc) is 2.17. The summed E-state index contributed by atoms with van der Waals surface area (Å²) in [6.07, 6.45) is 5.05. The van der Waals surface area contributed by atoms with Crippen LogP contribution in [0.3, 0.4) is 0 Å². The third-order valence-corrected chi connectivity index (χ3v) is 2.09. The van der Waals surface area contributed by atoms with Crippen LogP contribution in [0.1, 0.15) is 11.1 Å². The van der Waals surface area contributed by atoms with E-state index in [4.69, 9.17) is 5.73 Å². The molecule has 70 valence electrons. The Balaban J connectivity index is 2.84. The third kappa shape index (κ3) is 3.25. The molecule has 1 aromatic rings. The fraction of sp³-hybridized carbons (Fsp3) is 0.273. The molecule has 0 radical (unpaired) electrons. The number of hydrogen-bond acceptors (Lipinski definition) is 2. The van der Waals surface area contributed by atoms with Gasteiger partial charge in [0, 0.05) is 6.54 Å². The number of rotatable bonds is 4. The topological polar surface area (TPSA) is 26.0 Å². The van der Waals surface area contributed by atoms with E-state index in [1.807, 2.05) is 12.1 Å². The van der Waals surface area contributed by atoms with E-state index in [0.29, 0.717) is 6.54 Å². The van der Waals surface area contributed by atoms with Crippen molar-refractivity contribution in [3.63, 3.8) is 0 Å². The summed E-state index contributed by atoms with van der Waals surface area (Å²) in [6.45, 7) is 0.592. The van der Waals surface area contributed by atoms with Gasteiger partial charge in [0.2, 0.25) is 0 Å². The summed E-state index contributed by atoms with van der Waals surface area (Å²) in [7, 11) is 0. The molecule has 0 aromatic heterocycles. The first-order chi connectivity index (χ1) is 6.38. The summed E-state index contributed by atoms with van der Waals surface area (Å²) >= 11 is 4.22. The van der Waals surface area contributed by atoms with E-state index in [0.717, 1.165) is 12.2 Å². The van der Waals surface area contributed by atoms with Gasteiger partial charge in [-0.2, -0.15) is 12.6 Å². The van der Waals surface area contributed by atoms with Crippen LogP contribution in [0, 0.1) is 0 Å². The Kier molecular flexibility index (Phi) is 4.65. The summed E-state index contributed by atoms with van der Waals surface area (Å²) in [5.41, 5.74) is 7.99. The maximum absolute atomic E-state index is 5.40. The second-order valence-corrected chi connectivity index (χ2v) is 3.26. The summed E-state index contributed by atoms with van der Waals surface area (Å²) in [4.78, 5) is 0. The van der Waals surface area contributed by atoms with Crippen molar-refractivity contribution in [2.45, 2.75) is 6.42 Å². The molecule has 1 rings (SSSR count). The quantitative estimate of drug-likeness (QED) is 0.704. The lowest BCUT2D eigenvalue weighted by Crippen LogP contribution is -1.94. The van der Waals surface area contributed by atoms with E-state index < -0.39 is 0 Å². The molecule has 0 atom stereocenters. The van der Waals surface area contributed by atoms with Gasteiger partial charge in [-0.15, -0.1) is 0 Å². The van der Waals surface area contributed by atoms with Crippen LogP contribution >= 0.6 is 12.6 Å². The molecule has 1 nitrogen and oxygen atoms in total. The van der Waals surface area contributed by atoms with Gasteiger partial charge in [-0.25, -0.2) is 0 Å². The Morgan fingerprint density at radius 3 is 2.77 bits per heavy atom. The van der Waals surface area contributed by atoms with Crippen LogP contribution in [0.15, 0.2) is 30.3 Å². The number of aryl methyl sites for hydroxylation is 1. The number of benzene rings is 1. The van der Waals surface area contributed by atoms with Crippen molar-refractivity contribution in [3.8, 4) is 0 Å². The van der Waals surface area contributed by atoms with Crippen molar-refractivity contribution in [3.05, 3.63) is 41.5 Å². The zero-order valence-corrected chi connectivity index (χ0v) is 8.50. The molecule has 13 heavy (non-hydrogen) atoms. The predicted molar refractivity (Wildman–Crippen MR) is 62.1 cm³/mol. The molecule has 2 N–H and O–H groups in total. The second-order valence-electron chi connectivity index (χ2n) is 2.81. The summed E-state index contributed by atoms with van der Waals surface area (Å²) in [6, 6.07) is 8.33. The summed E-state index contributed by atoms with van der Waals surface area (Å²) < 4.78 is 0. The van der Waals surface area contributed by atoms with Crippen LogP contribution < -0.4 is 5.73 Å². The zero-order chi connectivity index (χ0) is 9.52. The SMILES string of the molecule is NCC=Cc1ccccc1CCS. The molecule has 0 saturated carbocycles. The molecule has 0 aliphatic heterocycles. The Hall–Kier alpha value is -0.730. The first-order valence-corrected chi connectivity index (χ1v) is 5.07. The van der Waals surface area contributed by atoms with Gasteiger partial charge in [-0.3, -0.25) is 0 Å². The van der Waals surface area contributed by atoms with Crippen LogP contribution in [0.4, 0.5) is 0 Å². The van der Waals surface area contributed by atoms with Gasteiger partial charge in [0.1, 0.15) is 0 Å².